The van der Waals surface area contributed by atoms with Crippen LogP contribution in [0.15, 0.2) is 42.5 Å². The Balaban J connectivity index is 1.44. The molecule has 21 heavy (non-hydrogen) atoms. The number of hydrogen-bond acceptors (Lipinski definition) is 2. The molecule has 0 saturated heterocycles. The van der Waals surface area contributed by atoms with E-state index in [0.717, 1.165) is 31.7 Å². The van der Waals surface area contributed by atoms with E-state index in [0.29, 0.717) is 0 Å². The van der Waals surface area contributed by atoms with Gasteiger partial charge in [0.25, 0.3) is 0 Å². The van der Waals surface area contributed by atoms with Gasteiger partial charge in [0.05, 0.1) is 0 Å². The number of benzene rings is 2. The molecule has 0 saturated carbocycles. The Morgan fingerprint density at radius 3 is 2.86 bits per heavy atom. The Hall–Kier alpha value is -1.80. The topological polar surface area (TPSA) is 21.3 Å². The Morgan fingerprint density at radius 2 is 2.00 bits per heavy atom. The zero-order chi connectivity index (χ0) is 14.7. The number of ether oxygens (including phenoxy) is 1. The van der Waals surface area contributed by atoms with Gasteiger partial charge in [-0.1, -0.05) is 42.0 Å². The lowest BCUT2D eigenvalue weighted by Gasteiger charge is -2.12. The molecule has 0 fully saturated rings. The van der Waals surface area contributed by atoms with Crippen LogP contribution in [-0.4, -0.2) is 19.2 Å². The summed E-state index contributed by atoms with van der Waals surface area (Å²) < 4.78 is 5.98. The van der Waals surface area contributed by atoms with E-state index in [4.69, 9.17) is 4.74 Å². The molecule has 0 aliphatic carbocycles. The molecule has 3 rings (SSSR count). The van der Waals surface area contributed by atoms with Crippen molar-refractivity contribution >= 4 is 0 Å². The van der Waals surface area contributed by atoms with Crippen LogP contribution in [0.3, 0.4) is 0 Å². The normalized spacial score (nSPS) is 16.6. The zero-order valence-corrected chi connectivity index (χ0v) is 12.9. The van der Waals surface area contributed by atoms with Gasteiger partial charge in [-0.2, -0.15) is 0 Å². The molecule has 1 heterocycles. The van der Waals surface area contributed by atoms with E-state index >= 15 is 0 Å². The minimum atomic E-state index is 0.277. The van der Waals surface area contributed by atoms with Crippen LogP contribution in [-0.2, 0) is 12.8 Å². The van der Waals surface area contributed by atoms with Crippen molar-refractivity contribution in [3.8, 4) is 5.75 Å². The second-order valence-corrected chi connectivity index (χ2v) is 5.94. The van der Waals surface area contributed by atoms with Crippen molar-refractivity contribution in [1.29, 1.82) is 0 Å². The maximum Gasteiger partial charge on any atom is 0.123 e. The van der Waals surface area contributed by atoms with E-state index in [1.54, 1.807) is 0 Å². The van der Waals surface area contributed by atoms with Crippen molar-refractivity contribution < 1.29 is 4.74 Å². The van der Waals surface area contributed by atoms with Crippen molar-refractivity contribution in [3.05, 3.63) is 64.7 Å². The van der Waals surface area contributed by atoms with Crippen LogP contribution in [0.25, 0.3) is 0 Å². The third-order valence-electron chi connectivity index (χ3n) is 4.16. The molecule has 2 nitrogen and oxygen atoms in total. The van der Waals surface area contributed by atoms with E-state index in [1.807, 2.05) is 0 Å². The average molecular weight is 281 g/mol. The molecule has 1 aliphatic heterocycles. The highest BCUT2D eigenvalue weighted by Crippen LogP contribution is 2.29. The molecule has 0 spiro atoms. The SMILES string of the molecule is Cc1ccc2c(c1)CC(CNCCc1ccccc1C)O2. The van der Waals surface area contributed by atoms with Crippen molar-refractivity contribution in [2.24, 2.45) is 0 Å². The molecule has 1 atom stereocenters. The van der Waals surface area contributed by atoms with Gasteiger partial charge in [0, 0.05) is 13.0 Å². The Morgan fingerprint density at radius 1 is 1.14 bits per heavy atom. The molecule has 1 N–H and O–H groups in total. The number of aryl methyl sites for hydroxylation is 2. The minimum Gasteiger partial charge on any atom is -0.488 e. The molecule has 0 aromatic heterocycles. The Labute approximate surface area is 127 Å². The smallest absolute Gasteiger partial charge is 0.123 e. The van der Waals surface area contributed by atoms with Gasteiger partial charge in [0.2, 0.25) is 0 Å². The highest BCUT2D eigenvalue weighted by molar-refractivity contribution is 5.40. The predicted molar refractivity (Wildman–Crippen MR) is 87.1 cm³/mol. The fourth-order valence-corrected chi connectivity index (χ4v) is 2.94. The molecule has 2 heteroatoms. The van der Waals surface area contributed by atoms with Crippen LogP contribution >= 0.6 is 0 Å². The fourth-order valence-electron chi connectivity index (χ4n) is 2.94. The highest BCUT2D eigenvalue weighted by Gasteiger charge is 2.22. The van der Waals surface area contributed by atoms with Crippen LogP contribution in [0.4, 0.5) is 0 Å². The molecule has 110 valence electrons. The first-order valence-electron chi connectivity index (χ1n) is 7.74. The average Bonchev–Trinajstić information content (AvgIpc) is 2.87. The number of nitrogens with one attached hydrogen (secondary N) is 1. The van der Waals surface area contributed by atoms with Crippen LogP contribution in [0.2, 0.25) is 0 Å². The first-order chi connectivity index (χ1) is 10.2. The van der Waals surface area contributed by atoms with E-state index in [1.165, 1.54) is 22.3 Å². The number of rotatable bonds is 5. The van der Waals surface area contributed by atoms with Gasteiger partial charge in [-0.15, -0.1) is 0 Å². The van der Waals surface area contributed by atoms with E-state index in [-0.39, 0.29) is 6.10 Å². The summed E-state index contributed by atoms with van der Waals surface area (Å²) in [6.45, 7) is 6.22. The van der Waals surface area contributed by atoms with Crippen molar-refractivity contribution in [2.45, 2.75) is 32.8 Å². The molecule has 2 aromatic carbocycles. The number of fused-ring (bicyclic) bond motifs is 1. The standard InChI is InChI=1S/C19H23NO/c1-14-7-8-19-17(11-14)12-18(21-19)13-20-10-9-16-6-4-3-5-15(16)2/h3-8,11,18,20H,9-10,12-13H2,1-2H3. The minimum absolute atomic E-state index is 0.277. The van der Waals surface area contributed by atoms with Gasteiger partial charge >= 0.3 is 0 Å². The lowest BCUT2D eigenvalue weighted by Crippen LogP contribution is -2.31. The van der Waals surface area contributed by atoms with Gasteiger partial charge in [-0.05, 0) is 49.6 Å². The van der Waals surface area contributed by atoms with Gasteiger partial charge in [0.1, 0.15) is 11.9 Å². The van der Waals surface area contributed by atoms with E-state index < -0.39 is 0 Å². The lowest BCUT2D eigenvalue weighted by atomic mass is 10.1. The maximum absolute atomic E-state index is 5.98. The summed E-state index contributed by atoms with van der Waals surface area (Å²) in [5.41, 5.74) is 5.46. The van der Waals surface area contributed by atoms with Gasteiger partial charge in [0.15, 0.2) is 0 Å². The van der Waals surface area contributed by atoms with Crippen molar-refractivity contribution in [3.63, 3.8) is 0 Å². The van der Waals surface area contributed by atoms with Crippen molar-refractivity contribution in [1.82, 2.24) is 5.32 Å². The molecule has 2 aromatic rings. The molecule has 0 amide bonds. The van der Waals surface area contributed by atoms with E-state index in [2.05, 4.69) is 61.6 Å². The Bertz CT molecular complexity index is 621. The summed E-state index contributed by atoms with van der Waals surface area (Å²) in [6.07, 6.45) is 2.37. The molecular weight excluding hydrogens is 258 g/mol. The summed E-state index contributed by atoms with van der Waals surface area (Å²) in [5.74, 6) is 1.06. The van der Waals surface area contributed by atoms with Gasteiger partial charge in [-0.3, -0.25) is 0 Å². The third-order valence-corrected chi connectivity index (χ3v) is 4.16. The maximum atomic E-state index is 5.98. The summed E-state index contributed by atoms with van der Waals surface area (Å²) in [6, 6.07) is 15.0. The van der Waals surface area contributed by atoms with Gasteiger partial charge < -0.3 is 10.1 Å². The highest BCUT2D eigenvalue weighted by atomic mass is 16.5. The zero-order valence-electron chi connectivity index (χ0n) is 12.9. The van der Waals surface area contributed by atoms with Crippen LogP contribution < -0.4 is 10.1 Å². The first kappa shape index (κ1) is 14.2. The second kappa shape index (κ2) is 6.31. The summed E-state index contributed by atoms with van der Waals surface area (Å²) in [4.78, 5) is 0. The van der Waals surface area contributed by atoms with Crippen LogP contribution in [0, 0.1) is 13.8 Å². The predicted octanol–water partition coefficient (Wildman–Crippen LogP) is 3.44. The van der Waals surface area contributed by atoms with Gasteiger partial charge in [-0.25, -0.2) is 0 Å². The first-order valence-corrected chi connectivity index (χ1v) is 7.74. The largest absolute Gasteiger partial charge is 0.488 e. The molecule has 1 aliphatic rings. The van der Waals surface area contributed by atoms with Crippen LogP contribution in [0.1, 0.15) is 22.3 Å². The lowest BCUT2D eigenvalue weighted by molar-refractivity contribution is 0.228. The van der Waals surface area contributed by atoms with Crippen LogP contribution in [0.5, 0.6) is 5.75 Å². The summed E-state index contributed by atoms with van der Waals surface area (Å²) in [5, 5.41) is 3.53. The quantitative estimate of drug-likeness (QED) is 0.848. The summed E-state index contributed by atoms with van der Waals surface area (Å²) in [7, 11) is 0. The molecular formula is C19H23NO. The van der Waals surface area contributed by atoms with E-state index in [9.17, 15) is 0 Å². The molecule has 0 radical (unpaired) electrons. The fraction of sp³-hybridized carbons (Fsp3) is 0.368. The second-order valence-electron chi connectivity index (χ2n) is 5.94. The third kappa shape index (κ3) is 3.45. The molecule has 0 bridgehead atoms. The Kier molecular flexibility index (Phi) is 4.26. The monoisotopic (exact) mass is 281 g/mol. The summed E-state index contributed by atoms with van der Waals surface area (Å²) >= 11 is 0. The van der Waals surface area contributed by atoms with Crippen molar-refractivity contribution in [2.75, 3.05) is 13.1 Å². The molecule has 1 unspecified atom stereocenters. The number of hydrogen-bond donors (Lipinski definition) is 1.